The molecule has 0 N–H and O–H groups in total. The maximum absolute atomic E-state index is 5.62. The minimum absolute atomic E-state index is 0.675. The predicted molar refractivity (Wildman–Crippen MR) is 41.8 cm³/mol. The van der Waals surface area contributed by atoms with Crippen LogP contribution in [0.2, 0.25) is 0 Å². The molecule has 0 aromatic heterocycles. The standard InChI is InChI=1S/C8H15Cl/c1-3-8(2)6-7(8)4-5-9/h7H,3-6H2,1-2H3. The molecule has 0 spiro atoms. The summed E-state index contributed by atoms with van der Waals surface area (Å²) in [5, 5.41) is 0. The highest BCUT2D eigenvalue weighted by Gasteiger charge is 2.46. The van der Waals surface area contributed by atoms with Crippen LogP contribution >= 0.6 is 11.6 Å². The van der Waals surface area contributed by atoms with E-state index in [1.807, 2.05) is 0 Å². The minimum Gasteiger partial charge on any atom is -0.127 e. The quantitative estimate of drug-likeness (QED) is 0.537. The lowest BCUT2D eigenvalue weighted by atomic mass is 10.0. The van der Waals surface area contributed by atoms with E-state index in [0.29, 0.717) is 5.41 Å². The third kappa shape index (κ3) is 1.40. The van der Waals surface area contributed by atoms with Crippen molar-refractivity contribution in [1.82, 2.24) is 0 Å². The first-order chi connectivity index (χ1) is 4.23. The van der Waals surface area contributed by atoms with Crippen molar-refractivity contribution in [3.63, 3.8) is 0 Å². The smallest absolute Gasteiger partial charge is 0.0226 e. The second kappa shape index (κ2) is 2.49. The molecule has 2 unspecified atom stereocenters. The van der Waals surface area contributed by atoms with E-state index in [1.165, 1.54) is 19.3 Å². The van der Waals surface area contributed by atoms with Gasteiger partial charge in [0.1, 0.15) is 0 Å². The van der Waals surface area contributed by atoms with Gasteiger partial charge in [-0.25, -0.2) is 0 Å². The van der Waals surface area contributed by atoms with E-state index in [2.05, 4.69) is 13.8 Å². The van der Waals surface area contributed by atoms with E-state index in [4.69, 9.17) is 11.6 Å². The van der Waals surface area contributed by atoms with Crippen molar-refractivity contribution >= 4 is 11.6 Å². The van der Waals surface area contributed by atoms with Crippen LogP contribution in [-0.4, -0.2) is 5.88 Å². The Labute approximate surface area is 62.6 Å². The van der Waals surface area contributed by atoms with E-state index >= 15 is 0 Å². The molecule has 0 radical (unpaired) electrons. The fraction of sp³-hybridized carbons (Fsp3) is 1.00. The average molecular weight is 147 g/mol. The largest absolute Gasteiger partial charge is 0.127 e. The zero-order valence-electron chi connectivity index (χ0n) is 6.28. The first kappa shape index (κ1) is 7.40. The molecule has 1 fully saturated rings. The molecule has 0 aromatic carbocycles. The van der Waals surface area contributed by atoms with Crippen LogP contribution in [0.4, 0.5) is 0 Å². The zero-order chi connectivity index (χ0) is 6.91. The summed E-state index contributed by atoms with van der Waals surface area (Å²) in [6, 6.07) is 0. The van der Waals surface area contributed by atoms with Crippen LogP contribution in [0, 0.1) is 11.3 Å². The van der Waals surface area contributed by atoms with E-state index in [0.717, 1.165) is 11.8 Å². The molecule has 0 nitrogen and oxygen atoms in total. The third-order valence-electron chi connectivity index (χ3n) is 2.80. The van der Waals surface area contributed by atoms with Crippen molar-refractivity contribution in [2.75, 3.05) is 5.88 Å². The average Bonchev–Trinajstić information content (AvgIpc) is 2.46. The van der Waals surface area contributed by atoms with Crippen molar-refractivity contribution in [3.8, 4) is 0 Å². The van der Waals surface area contributed by atoms with E-state index in [9.17, 15) is 0 Å². The molecule has 1 aliphatic rings. The molecule has 0 bridgehead atoms. The fourth-order valence-electron chi connectivity index (χ4n) is 1.52. The van der Waals surface area contributed by atoms with Gasteiger partial charge in [-0.15, -0.1) is 11.6 Å². The Hall–Kier alpha value is 0.290. The predicted octanol–water partition coefficient (Wildman–Crippen LogP) is 3.05. The van der Waals surface area contributed by atoms with Gasteiger partial charge >= 0.3 is 0 Å². The highest BCUT2D eigenvalue weighted by Crippen LogP contribution is 2.56. The summed E-state index contributed by atoms with van der Waals surface area (Å²) in [5.41, 5.74) is 0.675. The van der Waals surface area contributed by atoms with Crippen LogP contribution in [0.3, 0.4) is 0 Å². The summed E-state index contributed by atoms with van der Waals surface area (Å²) in [6.45, 7) is 4.64. The van der Waals surface area contributed by atoms with Crippen molar-refractivity contribution in [2.45, 2.75) is 33.1 Å². The van der Waals surface area contributed by atoms with Crippen molar-refractivity contribution in [2.24, 2.45) is 11.3 Å². The molecule has 1 heteroatoms. The Morgan fingerprint density at radius 3 is 2.67 bits per heavy atom. The van der Waals surface area contributed by atoms with Gasteiger partial charge < -0.3 is 0 Å². The molecular formula is C8H15Cl. The van der Waals surface area contributed by atoms with Gasteiger partial charge in [-0.2, -0.15) is 0 Å². The molecule has 0 saturated heterocycles. The Morgan fingerprint density at radius 1 is 1.67 bits per heavy atom. The molecule has 0 aliphatic heterocycles. The number of hydrogen-bond donors (Lipinski definition) is 0. The number of hydrogen-bond acceptors (Lipinski definition) is 0. The summed E-state index contributed by atoms with van der Waals surface area (Å²) in [7, 11) is 0. The summed E-state index contributed by atoms with van der Waals surface area (Å²) in [4.78, 5) is 0. The second-order valence-corrected chi connectivity index (χ2v) is 3.76. The maximum Gasteiger partial charge on any atom is 0.0226 e. The van der Waals surface area contributed by atoms with Crippen LogP contribution < -0.4 is 0 Å². The van der Waals surface area contributed by atoms with Crippen LogP contribution in [-0.2, 0) is 0 Å². The Morgan fingerprint density at radius 2 is 2.33 bits per heavy atom. The van der Waals surface area contributed by atoms with Gasteiger partial charge in [0, 0.05) is 5.88 Å². The molecular weight excluding hydrogens is 132 g/mol. The van der Waals surface area contributed by atoms with Crippen LogP contribution in [0.15, 0.2) is 0 Å². The Kier molecular flexibility index (Phi) is 2.05. The highest BCUT2D eigenvalue weighted by atomic mass is 35.5. The van der Waals surface area contributed by atoms with Crippen molar-refractivity contribution < 1.29 is 0 Å². The summed E-state index contributed by atoms with van der Waals surface area (Å²) in [5.74, 6) is 1.79. The minimum atomic E-state index is 0.675. The fourth-order valence-corrected chi connectivity index (χ4v) is 1.78. The third-order valence-corrected chi connectivity index (χ3v) is 3.02. The van der Waals surface area contributed by atoms with E-state index in [-0.39, 0.29) is 0 Å². The number of alkyl halides is 1. The van der Waals surface area contributed by atoms with Crippen LogP contribution in [0.25, 0.3) is 0 Å². The van der Waals surface area contributed by atoms with Gasteiger partial charge in [0.2, 0.25) is 0 Å². The zero-order valence-corrected chi connectivity index (χ0v) is 7.04. The molecule has 9 heavy (non-hydrogen) atoms. The van der Waals surface area contributed by atoms with Crippen LogP contribution in [0.5, 0.6) is 0 Å². The highest BCUT2D eigenvalue weighted by molar-refractivity contribution is 6.17. The van der Waals surface area contributed by atoms with Gasteiger partial charge in [0.05, 0.1) is 0 Å². The van der Waals surface area contributed by atoms with Gasteiger partial charge in [-0.3, -0.25) is 0 Å². The first-order valence-electron chi connectivity index (χ1n) is 3.79. The topological polar surface area (TPSA) is 0 Å². The lowest BCUT2D eigenvalue weighted by Crippen LogP contribution is -1.95. The normalized spacial score (nSPS) is 41.0. The van der Waals surface area contributed by atoms with E-state index < -0.39 is 0 Å². The molecule has 1 rings (SSSR count). The van der Waals surface area contributed by atoms with Crippen LogP contribution in [0.1, 0.15) is 33.1 Å². The monoisotopic (exact) mass is 146 g/mol. The lowest BCUT2D eigenvalue weighted by Gasteiger charge is -2.04. The SMILES string of the molecule is CCC1(C)CC1CCCl. The molecule has 0 amide bonds. The molecule has 1 aliphatic carbocycles. The summed E-state index contributed by atoms with van der Waals surface area (Å²) >= 11 is 5.62. The lowest BCUT2D eigenvalue weighted by molar-refractivity contribution is 0.479. The first-order valence-corrected chi connectivity index (χ1v) is 4.32. The molecule has 1 saturated carbocycles. The van der Waals surface area contributed by atoms with E-state index in [1.54, 1.807) is 0 Å². The Balaban J connectivity index is 2.22. The summed E-state index contributed by atoms with van der Waals surface area (Å²) < 4.78 is 0. The van der Waals surface area contributed by atoms with Crippen molar-refractivity contribution in [1.29, 1.82) is 0 Å². The second-order valence-electron chi connectivity index (χ2n) is 3.39. The van der Waals surface area contributed by atoms with Gasteiger partial charge in [0.25, 0.3) is 0 Å². The van der Waals surface area contributed by atoms with Gasteiger partial charge in [-0.05, 0) is 24.2 Å². The molecule has 54 valence electrons. The van der Waals surface area contributed by atoms with Crippen molar-refractivity contribution in [3.05, 3.63) is 0 Å². The van der Waals surface area contributed by atoms with Gasteiger partial charge in [-0.1, -0.05) is 20.3 Å². The Bertz CT molecular complexity index is 98.7. The number of halogens is 1. The van der Waals surface area contributed by atoms with Gasteiger partial charge in [0.15, 0.2) is 0 Å². The molecule has 2 atom stereocenters. The maximum atomic E-state index is 5.62. The number of rotatable bonds is 3. The summed E-state index contributed by atoms with van der Waals surface area (Å²) in [6.07, 6.45) is 3.97. The molecule has 0 aromatic rings. The molecule has 0 heterocycles.